The second kappa shape index (κ2) is 10.6. The zero-order valence-corrected chi connectivity index (χ0v) is 21.4. The molecule has 3 atom stereocenters. The van der Waals surface area contributed by atoms with Crippen molar-refractivity contribution in [2.24, 2.45) is 33.2 Å². The fourth-order valence-corrected chi connectivity index (χ4v) is 7.26. The van der Waals surface area contributed by atoms with E-state index in [1.807, 2.05) is 13.8 Å². The van der Waals surface area contributed by atoms with Crippen molar-refractivity contribution in [1.29, 1.82) is 0 Å². The molecule has 0 spiro atoms. The number of rotatable bonds is 10. The fourth-order valence-electron chi connectivity index (χ4n) is 5.23. The lowest BCUT2D eigenvalue weighted by atomic mass is 9.70. The Hall–Kier alpha value is -3.36. The Balaban J connectivity index is 1.54. The van der Waals surface area contributed by atoms with Gasteiger partial charge in [-0.05, 0) is 48.4 Å². The molecule has 2 unspecified atom stereocenters. The molecule has 2 fully saturated rings. The molecule has 0 aliphatic heterocycles. The lowest BCUT2D eigenvalue weighted by Crippen LogP contribution is -2.53. The number of aliphatic hydroxyl groups excluding tert-OH is 1. The molecular weight excluding hydrogens is 504 g/mol. The van der Waals surface area contributed by atoms with Gasteiger partial charge in [0.15, 0.2) is 5.96 Å². The number of Topliss-reactive ketones (excluding diaryl/α,β-unsaturated/α-hetero) is 1. The number of carbonyl (C=O) groups is 4. The summed E-state index contributed by atoms with van der Waals surface area (Å²) >= 11 is 0. The molecule has 2 aliphatic carbocycles. The fraction of sp³-hybridized carbons (Fsp3) is 0.522. The normalized spacial score (nSPS) is 22.8. The van der Waals surface area contributed by atoms with E-state index in [2.05, 4.69) is 20.3 Å². The zero-order chi connectivity index (χ0) is 27.6. The molecule has 2 saturated carbocycles. The number of ketones is 1. The second-order valence-corrected chi connectivity index (χ2v) is 11.7. The molecule has 2 aliphatic rings. The van der Waals surface area contributed by atoms with Crippen molar-refractivity contribution in [2.75, 3.05) is 18.9 Å². The van der Waals surface area contributed by atoms with Crippen LogP contribution in [-0.4, -0.2) is 67.9 Å². The summed E-state index contributed by atoms with van der Waals surface area (Å²) in [5.41, 5.74) is 9.56. The summed E-state index contributed by atoms with van der Waals surface area (Å²) in [4.78, 5) is 53.3. The molecule has 2 bridgehead atoms. The van der Waals surface area contributed by atoms with Crippen LogP contribution in [0.15, 0.2) is 29.3 Å². The van der Waals surface area contributed by atoms with Crippen LogP contribution in [0.1, 0.15) is 43.5 Å². The number of aliphatic hydroxyl groups is 1. The highest BCUT2D eigenvalue weighted by molar-refractivity contribution is 7.89. The molecule has 1 aromatic carbocycles. The van der Waals surface area contributed by atoms with Crippen molar-refractivity contribution >= 4 is 45.2 Å². The van der Waals surface area contributed by atoms with Crippen LogP contribution >= 0.6 is 0 Å². The first kappa shape index (κ1) is 28.2. The minimum Gasteiger partial charge on any atom is -0.394 e. The van der Waals surface area contributed by atoms with Gasteiger partial charge in [0, 0.05) is 17.4 Å². The van der Waals surface area contributed by atoms with Gasteiger partial charge in [-0.15, -0.1) is 0 Å². The summed E-state index contributed by atoms with van der Waals surface area (Å²) in [6, 6.07) is 4.13. The van der Waals surface area contributed by atoms with Gasteiger partial charge < -0.3 is 21.9 Å². The van der Waals surface area contributed by atoms with Crippen molar-refractivity contribution in [3.8, 4) is 0 Å². The van der Waals surface area contributed by atoms with E-state index in [-0.39, 0.29) is 23.2 Å². The Kier molecular flexibility index (Phi) is 8.05. The number of carbonyl (C=O) groups excluding carboxylic acids is 4. The van der Waals surface area contributed by atoms with E-state index in [1.165, 1.54) is 24.3 Å². The van der Waals surface area contributed by atoms with Crippen molar-refractivity contribution in [3.05, 3.63) is 29.8 Å². The molecule has 0 heterocycles. The van der Waals surface area contributed by atoms with Gasteiger partial charge in [0.2, 0.25) is 21.8 Å². The highest BCUT2D eigenvalue weighted by Gasteiger charge is 2.65. The zero-order valence-electron chi connectivity index (χ0n) is 20.6. The Morgan fingerprint density at radius 2 is 1.84 bits per heavy atom. The molecule has 14 heteroatoms. The number of guanidine groups is 1. The molecule has 0 aromatic heterocycles. The third kappa shape index (κ3) is 5.97. The maximum atomic E-state index is 12.9. The molecule has 0 saturated heterocycles. The van der Waals surface area contributed by atoms with Gasteiger partial charge >= 0.3 is 0 Å². The van der Waals surface area contributed by atoms with Crippen LogP contribution in [0.4, 0.5) is 5.69 Å². The third-order valence-electron chi connectivity index (χ3n) is 7.46. The highest BCUT2D eigenvalue weighted by atomic mass is 32.2. The lowest BCUT2D eigenvalue weighted by molar-refractivity contribution is -0.128. The average Bonchev–Trinajstić information content (AvgIpc) is 3.15. The monoisotopic (exact) mass is 536 g/mol. The van der Waals surface area contributed by atoms with Gasteiger partial charge in [0.05, 0.1) is 24.6 Å². The van der Waals surface area contributed by atoms with Gasteiger partial charge in [0.25, 0.3) is 5.91 Å². The average molecular weight is 537 g/mol. The number of fused-ring (bicyclic) bond motifs is 2. The van der Waals surface area contributed by atoms with Gasteiger partial charge in [-0.2, -0.15) is 0 Å². The topological polar surface area (TPSA) is 223 Å². The first-order valence-electron chi connectivity index (χ1n) is 11.7. The molecule has 3 amide bonds. The van der Waals surface area contributed by atoms with Gasteiger partial charge in [-0.25, -0.2) is 18.1 Å². The van der Waals surface area contributed by atoms with Crippen LogP contribution in [0.2, 0.25) is 0 Å². The number of nitrogens with two attached hydrogens (primary N) is 2. The van der Waals surface area contributed by atoms with Crippen molar-refractivity contribution < 1.29 is 32.7 Å². The first-order chi connectivity index (χ1) is 17.2. The van der Waals surface area contributed by atoms with Crippen molar-refractivity contribution in [2.45, 2.75) is 39.2 Å². The number of sulfonamides is 1. The number of aliphatic imine (C=N–C) groups is 1. The maximum Gasteiger partial charge on any atom is 0.257 e. The third-order valence-corrected chi connectivity index (χ3v) is 8.98. The van der Waals surface area contributed by atoms with Gasteiger partial charge in [0.1, 0.15) is 11.8 Å². The molecule has 13 nitrogen and oxygen atoms in total. The molecule has 202 valence electrons. The van der Waals surface area contributed by atoms with E-state index >= 15 is 0 Å². The quantitative estimate of drug-likeness (QED) is 0.153. The number of nitrogens with zero attached hydrogens (tertiary/aromatic N) is 1. The minimum absolute atomic E-state index is 0.101. The Morgan fingerprint density at radius 1 is 1.19 bits per heavy atom. The summed E-state index contributed by atoms with van der Waals surface area (Å²) in [5, 5.41) is 13.9. The Labute approximate surface area is 214 Å². The van der Waals surface area contributed by atoms with E-state index in [1.54, 1.807) is 0 Å². The van der Waals surface area contributed by atoms with Crippen LogP contribution in [-0.2, 0) is 24.4 Å². The van der Waals surface area contributed by atoms with Crippen LogP contribution in [0.3, 0.4) is 0 Å². The molecule has 8 N–H and O–H groups in total. The van der Waals surface area contributed by atoms with E-state index in [9.17, 15) is 32.7 Å². The van der Waals surface area contributed by atoms with E-state index in [0.717, 1.165) is 6.42 Å². The summed E-state index contributed by atoms with van der Waals surface area (Å²) in [5.74, 6) is -3.19. The predicted molar refractivity (Wildman–Crippen MR) is 134 cm³/mol. The van der Waals surface area contributed by atoms with E-state index in [4.69, 9.17) is 11.5 Å². The Bertz CT molecular complexity index is 1220. The molecule has 1 aromatic rings. The number of hydrogen-bond donors (Lipinski definition) is 6. The van der Waals surface area contributed by atoms with Crippen LogP contribution < -0.4 is 26.8 Å². The number of amides is 3. The molecule has 37 heavy (non-hydrogen) atoms. The smallest absolute Gasteiger partial charge is 0.257 e. The van der Waals surface area contributed by atoms with Gasteiger partial charge in [-0.3, -0.25) is 24.5 Å². The predicted octanol–water partition coefficient (Wildman–Crippen LogP) is -1.36. The van der Waals surface area contributed by atoms with Crippen LogP contribution in [0, 0.1) is 16.7 Å². The van der Waals surface area contributed by atoms with E-state index < -0.39 is 63.5 Å². The standard InChI is InChI=1S/C23H32N6O7S/c1-22(2)14-7-8-23(22,17(31)9-14)12-37(35,36)29-16(11-30)20(34)26-10-18(32)28-19(33)13-3-5-15(6-4-13)27-21(24)25/h3-6,14,16,29-30H,7-12H2,1-2H3,(H,26,34)(H4,24,25,27)(H,28,32,33)/t14?,16-,23?/m0/s1. The lowest BCUT2D eigenvalue weighted by Gasteiger charge is -2.36. The summed E-state index contributed by atoms with van der Waals surface area (Å²) < 4.78 is 27.9. The molecular formula is C23H32N6O7S. The Morgan fingerprint density at radius 3 is 2.35 bits per heavy atom. The van der Waals surface area contributed by atoms with Gasteiger partial charge in [-0.1, -0.05) is 13.8 Å². The number of imide groups is 1. The first-order valence-corrected chi connectivity index (χ1v) is 13.3. The van der Waals surface area contributed by atoms with Crippen molar-refractivity contribution in [1.82, 2.24) is 15.4 Å². The number of hydrogen-bond acceptors (Lipinski definition) is 8. The molecule has 0 radical (unpaired) electrons. The number of benzene rings is 1. The van der Waals surface area contributed by atoms with Crippen LogP contribution in [0.5, 0.6) is 0 Å². The minimum atomic E-state index is -4.15. The van der Waals surface area contributed by atoms with Crippen molar-refractivity contribution in [3.63, 3.8) is 0 Å². The highest BCUT2D eigenvalue weighted by Crippen LogP contribution is 2.64. The largest absolute Gasteiger partial charge is 0.394 e. The molecule has 3 rings (SSSR count). The summed E-state index contributed by atoms with van der Waals surface area (Å²) in [6.45, 7) is 2.26. The SMILES string of the molecule is CC1(C)C2CCC1(CS(=O)(=O)N[C@@H](CO)C(=O)NCC(=O)NC(=O)c1ccc(N=C(N)N)cc1)C(=O)C2. The second-order valence-electron chi connectivity index (χ2n) is 9.96. The number of nitrogens with one attached hydrogen (secondary N) is 3. The maximum absolute atomic E-state index is 12.9. The van der Waals surface area contributed by atoms with E-state index in [0.29, 0.717) is 18.5 Å². The summed E-state index contributed by atoms with van der Waals surface area (Å²) in [7, 11) is -4.15. The van der Waals surface area contributed by atoms with Crippen LogP contribution in [0.25, 0.3) is 0 Å². The summed E-state index contributed by atoms with van der Waals surface area (Å²) in [6.07, 6.45) is 1.54.